The van der Waals surface area contributed by atoms with Gasteiger partial charge in [0, 0.05) is 13.0 Å². The number of esters is 1. The molecule has 2 aromatic carbocycles. The van der Waals surface area contributed by atoms with Gasteiger partial charge >= 0.3 is 18.0 Å². The molecule has 1 aliphatic rings. The summed E-state index contributed by atoms with van der Waals surface area (Å²) in [5.74, 6) is -4.45. The number of aryl methyl sites for hydroxylation is 1. The highest BCUT2D eigenvalue weighted by Crippen LogP contribution is 2.25. The molecule has 0 radical (unpaired) electrons. The summed E-state index contributed by atoms with van der Waals surface area (Å²) in [6, 6.07) is 9.36. The van der Waals surface area contributed by atoms with Crippen molar-refractivity contribution in [2.24, 2.45) is 0 Å². The van der Waals surface area contributed by atoms with Crippen LogP contribution in [0, 0.1) is 0 Å². The number of carbonyl (C=O) groups excluding carboxylic acids is 5. The topological polar surface area (TPSA) is 223 Å². The first kappa shape index (κ1) is 36.7. The zero-order valence-electron chi connectivity index (χ0n) is 26.0. The van der Waals surface area contributed by atoms with Crippen molar-refractivity contribution in [3.8, 4) is 0 Å². The largest absolute Gasteiger partial charge is 0.481 e. The Morgan fingerprint density at radius 3 is 2.37 bits per heavy atom. The first-order valence-electron chi connectivity index (χ1n) is 15.2. The number of piperidine rings is 1. The molecule has 49 heavy (non-hydrogen) atoms. The lowest BCUT2D eigenvalue weighted by Crippen LogP contribution is -2.59. The van der Waals surface area contributed by atoms with Crippen LogP contribution in [0.4, 0.5) is 4.79 Å². The van der Waals surface area contributed by atoms with Crippen LogP contribution in [0.15, 0.2) is 48.5 Å². The minimum Gasteiger partial charge on any atom is -0.481 e. The first-order valence-corrected chi connectivity index (χ1v) is 15.9. The third-order valence-corrected chi connectivity index (χ3v) is 8.16. The van der Waals surface area contributed by atoms with E-state index in [1.807, 2.05) is 6.07 Å². The zero-order chi connectivity index (χ0) is 35.3. The van der Waals surface area contributed by atoms with Gasteiger partial charge in [-0.05, 0) is 43.4 Å². The number of carboxylic acid groups (broad SMARTS) is 1. The maximum Gasteiger partial charge on any atom is 0.408 e. The molecule has 0 bridgehead atoms. The Morgan fingerprint density at radius 2 is 1.69 bits per heavy atom. The lowest BCUT2D eigenvalue weighted by molar-refractivity contribution is -0.146. The molecule has 4 N–H and O–H groups in total. The van der Waals surface area contributed by atoms with Gasteiger partial charge in [-0.15, -0.1) is 10.2 Å². The van der Waals surface area contributed by atoms with Gasteiger partial charge in [0.1, 0.15) is 24.7 Å². The maximum absolute atomic E-state index is 13.9. The van der Waals surface area contributed by atoms with E-state index in [0.717, 1.165) is 5.56 Å². The van der Waals surface area contributed by atoms with Crippen LogP contribution in [0.5, 0.6) is 0 Å². The van der Waals surface area contributed by atoms with Crippen molar-refractivity contribution >= 4 is 58.8 Å². The maximum atomic E-state index is 13.9. The molecule has 0 spiro atoms. The summed E-state index contributed by atoms with van der Waals surface area (Å²) < 4.78 is 10.4. The van der Waals surface area contributed by atoms with Gasteiger partial charge in [-0.3, -0.25) is 19.2 Å². The van der Waals surface area contributed by atoms with Crippen molar-refractivity contribution in [1.29, 1.82) is 0 Å². The van der Waals surface area contributed by atoms with Crippen LogP contribution >= 0.6 is 23.2 Å². The summed E-state index contributed by atoms with van der Waals surface area (Å²) in [6.07, 6.45) is -0.222. The SMILES string of the molecule is O=C(O)C[C@H](NC(=O)[C@@H]1CCCCN1C(=O)[C@H](CCc1nn[nH]n1)NC(=O)OCc1ccccc1)C(=O)COC(=O)c1c(Cl)cccc1Cl. The average molecular weight is 719 g/mol. The summed E-state index contributed by atoms with van der Waals surface area (Å²) in [6.45, 7) is -0.796. The summed E-state index contributed by atoms with van der Waals surface area (Å²) in [4.78, 5) is 78.7. The second kappa shape index (κ2) is 17.9. The number of aromatic amines is 1. The van der Waals surface area contributed by atoms with Gasteiger partial charge in [0.05, 0.1) is 22.0 Å². The second-order valence-electron chi connectivity index (χ2n) is 11.0. The number of hydrogen-bond acceptors (Lipinski definition) is 11. The van der Waals surface area contributed by atoms with Crippen LogP contribution in [0.2, 0.25) is 10.0 Å². The number of likely N-dealkylation sites (tertiary alicyclic amines) is 1. The third kappa shape index (κ3) is 10.7. The number of tetrazole rings is 1. The molecule has 18 heteroatoms. The minimum absolute atomic E-state index is 0.0167. The van der Waals surface area contributed by atoms with Crippen molar-refractivity contribution < 1.29 is 43.3 Å². The summed E-state index contributed by atoms with van der Waals surface area (Å²) in [7, 11) is 0. The Kier molecular flexibility index (Phi) is 13.4. The average Bonchev–Trinajstić information content (AvgIpc) is 3.61. The van der Waals surface area contributed by atoms with E-state index >= 15 is 0 Å². The predicted octanol–water partition coefficient (Wildman–Crippen LogP) is 2.50. The molecular weight excluding hydrogens is 685 g/mol. The number of aromatic nitrogens is 4. The van der Waals surface area contributed by atoms with E-state index in [1.165, 1.54) is 23.1 Å². The van der Waals surface area contributed by atoms with Crippen molar-refractivity contribution in [2.45, 2.75) is 63.3 Å². The van der Waals surface area contributed by atoms with Crippen LogP contribution in [-0.4, -0.2) is 97.5 Å². The van der Waals surface area contributed by atoms with Crippen LogP contribution < -0.4 is 10.6 Å². The number of carbonyl (C=O) groups is 6. The van der Waals surface area contributed by atoms with Gasteiger partial charge < -0.3 is 30.1 Å². The van der Waals surface area contributed by atoms with Gasteiger partial charge in [0.15, 0.2) is 18.2 Å². The fourth-order valence-corrected chi connectivity index (χ4v) is 5.64. The molecule has 260 valence electrons. The number of halogens is 2. The molecule has 1 aliphatic heterocycles. The quantitative estimate of drug-likeness (QED) is 0.167. The number of ether oxygens (including phenoxy) is 2. The Balaban J connectivity index is 1.44. The van der Waals surface area contributed by atoms with Gasteiger partial charge in [0.2, 0.25) is 11.8 Å². The molecule has 3 amide bonds. The smallest absolute Gasteiger partial charge is 0.408 e. The summed E-state index contributed by atoms with van der Waals surface area (Å²) in [5, 5.41) is 28.0. The van der Waals surface area contributed by atoms with Crippen molar-refractivity contribution in [3.05, 3.63) is 75.5 Å². The Bertz CT molecular complexity index is 1620. The highest BCUT2D eigenvalue weighted by Gasteiger charge is 2.38. The fraction of sp³-hybridized carbons (Fsp3) is 0.387. The molecule has 0 saturated carbocycles. The van der Waals surface area contributed by atoms with E-state index in [9.17, 15) is 33.9 Å². The highest BCUT2D eigenvalue weighted by atomic mass is 35.5. The molecule has 0 aliphatic carbocycles. The summed E-state index contributed by atoms with van der Waals surface area (Å²) >= 11 is 12.0. The second-order valence-corrected chi connectivity index (χ2v) is 11.8. The molecule has 3 atom stereocenters. The number of alkyl carbamates (subject to hydrolysis) is 1. The van der Waals surface area contributed by atoms with Crippen LogP contribution in [0.3, 0.4) is 0 Å². The predicted molar refractivity (Wildman–Crippen MR) is 171 cm³/mol. The van der Waals surface area contributed by atoms with E-state index in [-0.39, 0.29) is 53.8 Å². The zero-order valence-corrected chi connectivity index (χ0v) is 27.5. The lowest BCUT2D eigenvalue weighted by Gasteiger charge is -2.37. The van der Waals surface area contributed by atoms with Crippen molar-refractivity contribution in [2.75, 3.05) is 13.2 Å². The third-order valence-electron chi connectivity index (χ3n) is 7.53. The molecule has 2 heterocycles. The Hall–Kier alpha value is -5.09. The Labute approximate surface area is 289 Å². The number of H-pyrrole nitrogens is 1. The molecule has 1 fully saturated rings. The molecular formula is C31H33Cl2N7O9. The lowest BCUT2D eigenvalue weighted by atomic mass is 9.98. The van der Waals surface area contributed by atoms with Gasteiger partial charge in [-0.25, -0.2) is 9.59 Å². The molecule has 0 unspecified atom stereocenters. The highest BCUT2D eigenvalue weighted by molar-refractivity contribution is 6.39. The molecule has 4 rings (SSSR count). The molecule has 16 nitrogen and oxygen atoms in total. The van der Waals surface area contributed by atoms with Gasteiger partial charge in [0.25, 0.3) is 0 Å². The molecule has 1 aromatic heterocycles. The monoisotopic (exact) mass is 717 g/mol. The van der Waals surface area contributed by atoms with E-state index in [0.29, 0.717) is 12.8 Å². The van der Waals surface area contributed by atoms with Crippen LogP contribution in [0.25, 0.3) is 0 Å². The number of Topliss-reactive ketones (excluding diaryl/α,β-unsaturated/α-hetero) is 1. The van der Waals surface area contributed by atoms with Crippen LogP contribution in [0.1, 0.15) is 53.8 Å². The normalized spacial score (nSPS) is 15.4. The van der Waals surface area contributed by atoms with Crippen LogP contribution in [-0.2, 0) is 41.7 Å². The van der Waals surface area contributed by atoms with E-state index < -0.39 is 66.8 Å². The van der Waals surface area contributed by atoms with E-state index in [4.69, 9.17) is 32.7 Å². The molecule has 1 saturated heterocycles. The standard InChI is InChI=1S/C31H33Cl2N7O9/c32-19-9-6-10-20(33)27(19)30(46)48-17-24(41)22(15-26(42)43)34-28(44)23-11-4-5-14-40(23)29(45)21(12-13-25-36-38-39-37-25)35-31(47)49-16-18-7-2-1-3-8-18/h1-3,6-10,21-23H,4-5,11-17H2,(H,34,44)(H,35,47)(H,42,43)(H,36,37,38,39)/t21-,22-,23-/m0/s1. The number of carboxylic acids is 1. The first-order chi connectivity index (χ1) is 23.5. The van der Waals surface area contributed by atoms with Crippen molar-refractivity contribution in [1.82, 2.24) is 36.2 Å². The van der Waals surface area contributed by atoms with E-state index in [2.05, 4.69) is 31.3 Å². The number of rotatable bonds is 15. The summed E-state index contributed by atoms with van der Waals surface area (Å²) in [5.41, 5.74) is 0.549. The van der Waals surface area contributed by atoms with Crippen molar-refractivity contribution in [3.63, 3.8) is 0 Å². The number of nitrogens with zero attached hydrogens (tertiary/aromatic N) is 4. The fourth-order valence-electron chi connectivity index (χ4n) is 5.08. The van der Waals surface area contributed by atoms with Gasteiger partial charge in [-0.2, -0.15) is 5.21 Å². The number of aliphatic carboxylic acids is 1. The number of ketones is 1. The number of nitrogens with one attached hydrogen (secondary N) is 3. The number of amides is 3. The number of hydrogen-bond donors (Lipinski definition) is 4. The van der Waals surface area contributed by atoms with E-state index in [1.54, 1.807) is 24.3 Å². The Morgan fingerprint density at radius 1 is 0.959 bits per heavy atom. The van der Waals surface area contributed by atoms with Gasteiger partial charge in [-0.1, -0.05) is 64.8 Å². The molecule has 3 aromatic rings. The minimum atomic E-state index is -1.60. The number of benzene rings is 2.